The summed E-state index contributed by atoms with van der Waals surface area (Å²) in [4.78, 5) is 25.1. The molecule has 4 rings (SSSR count). The molecule has 1 aromatic heterocycles. The van der Waals surface area contributed by atoms with Crippen LogP contribution >= 0.6 is 0 Å². The second-order valence-corrected chi connectivity index (χ2v) is 9.99. The number of nitro groups is 1. The van der Waals surface area contributed by atoms with Crippen molar-refractivity contribution in [3.05, 3.63) is 81.7 Å². The molecule has 3 aromatic rings. The molecule has 1 aliphatic rings. The molecule has 1 saturated heterocycles. The van der Waals surface area contributed by atoms with Crippen molar-refractivity contribution in [2.45, 2.75) is 25.2 Å². The summed E-state index contributed by atoms with van der Waals surface area (Å²) in [6, 6.07) is 12.9. The van der Waals surface area contributed by atoms with Gasteiger partial charge in [0, 0.05) is 38.3 Å². The monoisotopic (exact) mass is 483 g/mol. The third kappa shape index (κ3) is 4.44. The van der Waals surface area contributed by atoms with Crippen molar-refractivity contribution in [1.29, 1.82) is 0 Å². The largest absolute Gasteiger partial charge is 0.336 e. The Balaban J connectivity index is 1.49. The lowest BCUT2D eigenvalue weighted by atomic mass is 10.1. The van der Waals surface area contributed by atoms with Gasteiger partial charge in [0.25, 0.3) is 11.6 Å². The summed E-state index contributed by atoms with van der Waals surface area (Å²) in [5.74, 6) is -0.192. The van der Waals surface area contributed by atoms with Gasteiger partial charge in [-0.2, -0.15) is 9.40 Å². The number of aryl methyl sites for hydroxylation is 1. The van der Waals surface area contributed by atoms with Crippen molar-refractivity contribution < 1.29 is 18.1 Å². The minimum Gasteiger partial charge on any atom is -0.336 e. The summed E-state index contributed by atoms with van der Waals surface area (Å²) in [7, 11) is -3.91. The summed E-state index contributed by atoms with van der Waals surface area (Å²) < 4.78 is 29.0. The number of non-ortho nitro benzene ring substituents is 1. The Morgan fingerprint density at radius 3 is 2.38 bits per heavy atom. The number of nitrogens with zero attached hydrogens (tertiary/aromatic N) is 5. The molecule has 0 bridgehead atoms. The van der Waals surface area contributed by atoms with E-state index in [1.165, 1.54) is 22.5 Å². The molecule has 0 atom stereocenters. The van der Waals surface area contributed by atoms with Crippen LogP contribution < -0.4 is 0 Å². The van der Waals surface area contributed by atoms with Crippen LogP contribution in [0.25, 0.3) is 5.69 Å². The van der Waals surface area contributed by atoms with E-state index in [0.29, 0.717) is 12.0 Å². The fraction of sp³-hybridized carbons (Fsp3) is 0.304. The molecule has 0 N–H and O–H groups in total. The Bertz CT molecular complexity index is 1330. The van der Waals surface area contributed by atoms with E-state index in [1.54, 1.807) is 15.8 Å². The van der Waals surface area contributed by atoms with Crippen LogP contribution in [0, 0.1) is 17.0 Å². The van der Waals surface area contributed by atoms with Crippen LogP contribution in [-0.2, 0) is 16.4 Å². The van der Waals surface area contributed by atoms with Crippen LogP contribution in [-0.4, -0.2) is 64.4 Å². The number of hydrogen-bond donors (Lipinski definition) is 0. The van der Waals surface area contributed by atoms with Crippen LogP contribution in [0.2, 0.25) is 0 Å². The summed E-state index contributed by atoms with van der Waals surface area (Å²) in [6.45, 7) is 4.59. The van der Waals surface area contributed by atoms with Crippen molar-refractivity contribution >= 4 is 21.6 Å². The Morgan fingerprint density at radius 1 is 1.09 bits per heavy atom. The molecule has 10 nitrogen and oxygen atoms in total. The molecule has 0 spiro atoms. The van der Waals surface area contributed by atoms with Crippen molar-refractivity contribution in [1.82, 2.24) is 19.0 Å². The lowest BCUT2D eigenvalue weighted by Crippen LogP contribution is -2.50. The van der Waals surface area contributed by atoms with E-state index in [0.717, 1.165) is 23.0 Å². The van der Waals surface area contributed by atoms with E-state index in [-0.39, 0.29) is 42.7 Å². The summed E-state index contributed by atoms with van der Waals surface area (Å²) >= 11 is 0. The maximum atomic E-state index is 13.3. The number of carbonyl (C=O) groups is 1. The van der Waals surface area contributed by atoms with Gasteiger partial charge in [-0.3, -0.25) is 14.9 Å². The highest BCUT2D eigenvalue weighted by atomic mass is 32.2. The van der Waals surface area contributed by atoms with Crippen molar-refractivity contribution in [3.63, 3.8) is 0 Å². The van der Waals surface area contributed by atoms with E-state index in [4.69, 9.17) is 0 Å². The Kier molecular flexibility index (Phi) is 6.49. The second kappa shape index (κ2) is 9.35. The van der Waals surface area contributed by atoms with E-state index in [1.807, 2.05) is 38.1 Å². The first-order valence-corrected chi connectivity index (χ1v) is 12.3. The number of amides is 1. The zero-order valence-electron chi connectivity index (χ0n) is 18.9. The highest BCUT2D eigenvalue weighted by molar-refractivity contribution is 7.89. The first kappa shape index (κ1) is 23.6. The van der Waals surface area contributed by atoms with Gasteiger partial charge >= 0.3 is 0 Å². The van der Waals surface area contributed by atoms with Gasteiger partial charge in [0.2, 0.25) is 10.0 Å². The number of nitro benzene ring substituents is 1. The normalized spacial score (nSPS) is 14.8. The molecule has 2 heterocycles. The SMILES string of the molecule is CCc1c(C(=O)N2CCN(S(=O)(=O)c3cccc([N+](=O)[O-])c3)CC2)cnn1-c1ccc(C)cc1. The fourth-order valence-electron chi connectivity index (χ4n) is 4.01. The molecule has 1 amide bonds. The molecule has 1 fully saturated rings. The predicted octanol–water partition coefficient (Wildman–Crippen LogP) is 2.80. The first-order chi connectivity index (χ1) is 16.2. The number of piperazine rings is 1. The van der Waals surface area contributed by atoms with E-state index >= 15 is 0 Å². The smallest absolute Gasteiger partial charge is 0.270 e. The number of sulfonamides is 1. The number of carbonyl (C=O) groups excluding carboxylic acids is 1. The molecule has 0 aliphatic carbocycles. The molecule has 0 saturated carbocycles. The highest BCUT2D eigenvalue weighted by Gasteiger charge is 2.32. The van der Waals surface area contributed by atoms with Gasteiger partial charge in [-0.25, -0.2) is 13.1 Å². The van der Waals surface area contributed by atoms with Gasteiger partial charge in [0.15, 0.2) is 0 Å². The van der Waals surface area contributed by atoms with Gasteiger partial charge in [-0.15, -0.1) is 0 Å². The van der Waals surface area contributed by atoms with Crippen LogP contribution in [0.4, 0.5) is 5.69 Å². The standard InChI is InChI=1S/C23H25N5O5S/c1-3-22-21(16-24-27(22)18-9-7-17(2)8-10-18)23(29)25-11-13-26(14-12-25)34(32,33)20-6-4-5-19(15-20)28(30)31/h4-10,15-16H,3,11-14H2,1-2H3. The molecule has 0 unspecified atom stereocenters. The zero-order chi connectivity index (χ0) is 24.5. The van der Waals surface area contributed by atoms with Gasteiger partial charge in [0.05, 0.1) is 33.0 Å². The lowest BCUT2D eigenvalue weighted by Gasteiger charge is -2.34. The van der Waals surface area contributed by atoms with Gasteiger partial charge < -0.3 is 4.90 Å². The Hall–Kier alpha value is -3.57. The van der Waals surface area contributed by atoms with Gasteiger partial charge in [-0.05, 0) is 31.5 Å². The average Bonchev–Trinajstić information content (AvgIpc) is 3.28. The average molecular weight is 484 g/mol. The quantitative estimate of drug-likeness (QED) is 0.393. The molecular formula is C23H25N5O5S. The van der Waals surface area contributed by atoms with Crippen molar-refractivity contribution in [2.24, 2.45) is 0 Å². The van der Waals surface area contributed by atoms with E-state index < -0.39 is 14.9 Å². The van der Waals surface area contributed by atoms with Crippen molar-refractivity contribution in [3.8, 4) is 5.69 Å². The molecule has 34 heavy (non-hydrogen) atoms. The lowest BCUT2D eigenvalue weighted by molar-refractivity contribution is -0.385. The van der Waals surface area contributed by atoms with Crippen LogP contribution in [0.5, 0.6) is 0 Å². The van der Waals surface area contributed by atoms with E-state index in [2.05, 4.69) is 5.10 Å². The number of benzene rings is 2. The third-order valence-corrected chi connectivity index (χ3v) is 7.80. The highest BCUT2D eigenvalue weighted by Crippen LogP contribution is 2.23. The molecular weight excluding hydrogens is 458 g/mol. The number of rotatable bonds is 6. The Labute approximate surface area is 197 Å². The maximum absolute atomic E-state index is 13.3. The third-order valence-electron chi connectivity index (χ3n) is 5.90. The van der Waals surface area contributed by atoms with Crippen molar-refractivity contribution in [2.75, 3.05) is 26.2 Å². The second-order valence-electron chi connectivity index (χ2n) is 8.06. The summed E-state index contributed by atoms with van der Waals surface area (Å²) in [5, 5.41) is 15.4. The fourth-order valence-corrected chi connectivity index (χ4v) is 5.47. The summed E-state index contributed by atoms with van der Waals surface area (Å²) in [5.41, 5.74) is 3.00. The number of hydrogen-bond acceptors (Lipinski definition) is 6. The predicted molar refractivity (Wildman–Crippen MR) is 125 cm³/mol. The summed E-state index contributed by atoms with van der Waals surface area (Å²) in [6.07, 6.45) is 2.17. The van der Waals surface area contributed by atoms with Gasteiger partial charge in [-0.1, -0.05) is 30.7 Å². The molecule has 11 heteroatoms. The molecule has 0 radical (unpaired) electrons. The topological polar surface area (TPSA) is 119 Å². The first-order valence-electron chi connectivity index (χ1n) is 10.9. The Morgan fingerprint density at radius 2 is 1.76 bits per heavy atom. The number of aromatic nitrogens is 2. The van der Waals surface area contributed by atoms with E-state index in [9.17, 15) is 23.3 Å². The minimum atomic E-state index is -3.91. The molecule has 2 aromatic carbocycles. The molecule has 178 valence electrons. The zero-order valence-corrected chi connectivity index (χ0v) is 19.7. The van der Waals surface area contributed by atoms with Crippen LogP contribution in [0.1, 0.15) is 28.5 Å². The van der Waals surface area contributed by atoms with Crippen LogP contribution in [0.15, 0.2) is 59.6 Å². The maximum Gasteiger partial charge on any atom is 0.270 e. The van der Waals surface area contributed by atoms with Gasteiger partial charge in [0.1, 0.15) is 0 Å². The van der Waals surface area contributed by atoms with Crippen LogP contribution in [0.3, 0.4) is 0 Å². The molecule has 1 aliphatic heterocycles. The minimum absolute atomic E-state index is 0.102.